The topological polar surface area (TPSA) is 30.2 Å². The molecular formula is C17H15BrO2S. The van der Waals surface area contributed by atoms with Gasteiger partial charge in [0.15, 0.2) is 5.76 Å². The average Bonchev–Trinajstić information content (AvgIpc) is 2.85. The van der Waals surface area contributed by atoms with Gasteiger partial charge in [-0.3, -0.25) is 4.21 Å². The standard InChI is InChI=1S/C17H15BrO2S/c1-3-21(19)17-14-10-13(18)8-9-15(14)20-16(17)12-6-4-11(2)5-7-12/h4-10H,3H2,1-2H3/t21-/m0/s1. The van der Waals surface area contributed by atoms with Crippen LogP contribution in [0.2, 0.25) is 0 Å². The van der Waals surface area contributed by atoms with Crippen molar-refractivity contribution in [2.24, 2.45) is 0 Å². The highest BCUT2D eigenvalue weighted by Gasteiger charge is 2.20. The average molecular weight is 363 g/mol. The third-order valence-electron chi connectivity index (χ3n) is 3.41. The summed E-state index contributed by atoms with van der Waals surface area (Å²) in [7, 11) is -1.07. The molecule has 2 aromatic carbocycles. The van der Waals surface area contributed by atoms with Gasteiger partial charge in [0.1, 0.15) is 5.58 Å². The van der Waals surface area contributed by atoms with E-state index in [1.54, 1.807) is 0 Å². The summed E-state index contributed by atoms with van der Waals surface area (Å²) in [6, 6.07) is 13.9. The van der Waals surface area contributed by atoms with Crippen molar-refractivity contribution < 1.29 is 8.63 Å². The first-order valence-corrected chi connectivity index (χ1v) is 8.89. The zero-order valence-corrected chi connectivity index (χ0v) is 14.3. The first-order chi connectivity index (χ1) is 10.1. The molecule has 0 N–H and O–H groups in total. The van der Waals surface area contributed by atoms with Crippen molar-refractivity contribution in [1.29, 1.82) is 0 Å². The lowest BCUT2D eigenvalue weighted by Gasteiger charge is -2.02. The highest BCUT2D eigenvalue weighted by Crippen LogP contribution is 2.37. The molecule has 0 aliphatic heterocycles. The SMILES string of the molecule is CC[S@](=O)c1c(-c2ccc(C)cc2)oc2ccc(Br)cc12. The molecule has 1 aromatic heterocycles. The number of hydrogen-bond acceptors (Lipinski definition) is 2. The third kappa shape index (κ3) is 2.70. The fourth-order valence-electron chi connectivity index (χ4n) is 2.31. The number of rotatable bonds is 3. The molecule has 1 heterocycles. The molecule has 0 aliphatic carbocycles. The van der Waals surface area contributed by atoms with Gasteiger partial charge in [-0.25, -0.2) is 0 Å². The largest absolute Gasteiger partial charge is 0.455 e. The Morgan fingerprint density at radius 3 is 2.52 bits per heavy atom. The molecule has 0 bridgehead atoms. The van der Waals surface area contributed by atoms with Crippen molar-refractivity contribution in [3.8, 4) is 11.3 Å². The van der Waals surface area contributed by atoms with E-state index >= 15 is 0 Å². The van der Waals surface area contributed by atoms with Crippen LogP contribution in [0.4, 0.5) is 0 Å². The molecular weight excluding hydrogens is 348 g/mol. The second-order valence-electron chi connectivity index (χ2n) is 4.90. The first kappa shape index (κ1) is 14.5. The predicted molar refractivity (Wildman–Crippen MR) is 91.0 cm³/mol. The lowest BCUT2D eigenvalue weighted by molar-refractivity contribution is 0.622. The fraction of sp³-hybridized carbons (Fsp3) is 0.176. The van der Waals surface area contributed by atoms with Crippen molar-refractivity contribution in [2.45, 2.75) is 18.7 Å². The van der Waals surface area contributed by atoms with Gasteiger partial charge >= 0.3 is 0 Å². The Morgan fingerprint density at radius 2 is 1.86 bits per heavy atom. The molecule has 2 nitrogen and oxygen atoms in total. The van der Waals surface area contributed by atoms with E-state index in [4.69, 9.17) is 4.42 Å². The van der Waals surface area contributed by atoms with Gasteiger partial charge in [-0.15, -0.1) is 0 Å². The Morgan fingerprint density at radius 1 is 1.14 bits per heavy atom. The Bertz CT molecular complexity index is 819. The van der Waals surface area contributed by atoms with Gasteiger partial charge in [0.05, 0.1) is 15.7 Å². The Hall–Kier alpha value is -1.39. The molecule has 0 spiro atoms. The van der Waals surface area contributed by atoms with Gasteiger partial charge in [0.25, 0.3) is 0 Å². The molecule has 1 atom stereocenters. The molecule has 0 amide bonds. The van der Waals surface area contributed by atoms with Crippen molar-refractivity contribution in [1.82, 2.24) is 0 Å². The molecule has 21 heavy (non-hydrogen) atoms. The Balaban J connectivity index is 2.30. The highest BCUT2D eigenvalue weighted by molar-refractivity contribution is 9.10. The van der Waals surface area contributed by atoms with Crippen LogP contribution >= 0.6 is 15.9 Å². The Labute approximate surface area is 134 Å². The predicted octanol–water partition coefficient (Wildman–Crippen LogP) is 5.30. The van der Waals surface area contributed by atoms with Gasteiger partial charge < -0.3 is 4.42 Å². The minimum Gasteiger partial charge on any atom is -0.455 e. The van der Waals surface area contributed by atoms with Crippen LogP contribution in [0.5, 0.6) is 0 Å². The number of fused-ring (bicyclic) bond motifs is 1. The second kappa shape index (κ2) is 5.78. The third-order valence-corrected chi connectivity index (χ3v) is 5.29. The fourth-order valence-corrected chi connectivity index (χ4v) is 3.73. The van der Waals surface area contributed by atoms with Crippen molar-refractivity contribution in [3.63, 3.8) is 0 Å². The summed E-state index contributed by atoms with van der Waals surface area (Å²) < 4.78 is 19.4. The molecule has 3 rings (SSSR count). The van der Waals surface area contributed by atoms with Gasteiger partial charge in [-0.05, 0) is 25.1 Å². The molecule has 0 fully saturated rings. The Kier molecular flexibility index (Phi) is 4.00. The molecule has 0 unspecified atom stereocenters. The summed E-state index contributed by atoms with van der Waals surface area (Å²) in [6.07, 6.45) is 0. The van der Waals surface area contributed by atoms with E-state index in [-0.39, 0.29) is 0 Å². The van der Waals surface area contributed by atoms with E-state index in [0.717, 1.165) is 25.9 Å². The second-order valence-corrected chi connectivity index (χ2v) is 7.49. The van der Waals surface area contributed by atoms with Gasteiger partial charge in [0.2, 0.25) is 0 Å². The van der Waals surface area contributed by atoms with E-state index in [0.29, 0.717) is 11.5 Å². The molecule has 0 aliphatic rings. The van der Waals surface area contributed by atoms with E-state index in [1.165, 1.54) is 5.56 Å². The van der Waals surface area contributed by atoms with Crippen LogP contribution in [0.3, 0.4) is 0 Å². The summed E-state index contributed by atoms with van der Waals surface area (Å²) in [6.45, 7) is 3.97. The summed E-state index contributed by atoms with van der Waals surface area (Å²) in [5, 5.41) is 0.917. The van der Waals surface area contributed by atoms with E-state index in [1.807, 2.05) is 56.3 Å². The molecule has 3 aromatic rings. The maximum atomic E-state index is 12.5. The number of aryl methyl sites for hydroxylation is 1. The van der Waals surface area contributed by atoms with Crippen LogP contribution in [0.25, 0.3) is 22.3 Å². The zero-order valence-electron chi connectivity index (χ0n) is 11.9. The normalized spacial score (nSPS) is 12.7. The van der Waals surface area contributed by atoms with E-state index in [9.17, 15) is 4.21 Å². The van der Waals surface area contributed by atoms with Crippen LogP contribution in [0, 0.1) is 6.92 Å². The van der Waals surface area contributed by atoms with Crippen LogP contribution in [-0.2, 0) is 10.8 Å². The number of furan rings is 1. The smallest absolute Gasteiger partial charge is 0.151 e. The van der Waals surface area contributed by atoms with Gasteiger partial charge in [0, 0.05) is 21.2 Å². The summed E-state index contributed by atoms with van der Waals surface area (Å²) >= 11 is 3.47. The van der Waals surface area contributed by atoms with Crippen molar-refractivity contribution >= 4 is 37.7 Å². The molecule has 0 radical (unpaired) electrons. The maximum absolute atomic E-state index is 12.5. The molecule has 4 heteroatoms. The van der Waals surface area contributed by atoms with Crippen molar-refractivity contribution in [2.75, 3.05) is 5.75 Å². The number of hydrogen-bond donors (Lipinski definition) is 0. The minimum absolute atomic E-state index is 0.569. The monoisotopic (exact) mass is 362 g/mol. The lowest BCUT2D eigenvalue weighted by Crippen LogP contribution is -1.95. The molecule has 0 saturated carbocycles. The number of benzene rings is 2. The summed E-state index contributed by atoms with van der Waals surface area (Å²) in [4.78, 5) is 0.789. The van der Waals surface area contributed by atoms with E-state index < -0.39 is 10.8 Å². The maximum Gasteiger partial charge on any atom is 0.151 e. The van der Waals surface area contributed by atoms with Crippen LogP contribution in [0.15, 0.2) is 56.2 Å². The first-order valence-electron chi connectivity index (χ1n) is 6.77. The number of halogens is 1. The van der Waals surface area contributed by atoms with Crippen LogP contribution in [-0.4, -0.2) is 9.96 Å². The molecule has 0 saturated heterocycles. The van der Waals surface area contributed by atoms with Gasteiger partial charge in [-0.2, -0.15) is 0 Å². The molecule has 108 valence electrons. The zero-order chi connectivity index (χ0) is 15.0. The van der Waals surface area contributed by atoms with Gasteiger partial charge in [-0.1, -0.05) is 52.7 Å². The highest BCUT2D eigenvalue weighted by atomic mass is 79.9. The van der Waals surface area contributed by atoms with Crippen molar-refractivity contribution in [3.05, 3.63) is 52.5 Å². The summed E-state index contributed by atoms with van der Waals surface area (Å²) in [5.74, 6) is 1.28. The quantitative estimate of drug-likeness (QED) is 0.632. The van der Waals surface area contributed by atoms with Crippen LogP contribution < -0.4 is 0 Å². The lowest BCUT2D eigenvalue weighted by atomic mass is 10.1. The minimum atomic E-state index is -1.07. The summed E-state index contributed by atoms with van der Waals surface area (Å²) in [5.41, 5.74) is 2.92. The van der Waals surface area contributed by atoms with Crippen LogP contribution in [0.1, 0.15) is 12.5 Å². The van der Waals surface area contributed by atoms with E-state index in [2.05, 4.69) is 15.9 Å².